The average Bonchev–Trinajstić information content (AvgIpc) is 2.78. The summed E-state index contributed by atoms with van der Waals surface area (Å²) < 4.78 is 5.25. The maximum atomic E-state index is 13.3. The first-order valence-corrected chi connectivity index (χ1v) is 13.0. The first-order chi connectivity index (χ1) is 17.3. The van der Waals surface area contributed by atoms with Gasteiger partial charge in [0.25, 0.3) is 0 Å². The number of hydrogen-bond donors (Lipinski definition) is 5. The molecule has 210 valence electrons. The van der Waals surface area contributed by atoms with Crippen LogP contribution in [0.15, 0.2) is 0 Å². The van der Waals surface area contributed by atoms with E-state index in [-0.39, 0.29) is 30.6 Å². The van der Waals surface area contributed by atoms with Gasteiger partial charge in [-0.15, -0.1) is 0 Å². The molecule has 37 heavy (non-hydrogen) atoms. The minimum Gasteiger partial charge on any atom is -0.461 e. The van der Waals surface area contributed by atoms with Gasteiger partial charge >= 0.3 is 5.97 Å². The minimum absolute atomic E-state index is 0.0208. The number of rotatable bonds is 18. The highest BCUT2D eigenvalue weighted by Crippen LogP contribution is 2.10. The molecule has 0 aromatic carbocycles. The largest absolute Gasteiger partial charge is 0.461 e. The van der Waals surface area contributed by atoms with E-state index in [9.17, 15) is 24.0 Å². The Balaban J connectivity index is 5.66. The molecule has 0 bridgehead atoms. The Morgan fingerprint density at radius 2 is 1.51 bits per heavy atom. The predicted molar refractivity (Wildman–Crippen MR) is 145 cm³/mol. The van der Waals surface area contributed by atoms with Crippen LogP contribution >= 0.6 is 12.2 Å². The van der Waals surface area contributed by atoms with Crippen molar-refractivity contribution in [3.05, 3.63) is 0 Å². The van der Waals surface area contributed by atoms with E-state index in [0.29, 0.717) is 43.4 Å². The lowest BCUT2D eigenvalue weighted by Gasteiger charge is -2.27. The summed E-state index contributed by atoms with van der Waals surface area (Å²) in [6.45, 7) is 10.6. The van der Waals surface area contributed by atoms with Crippen LogP contribution in [0, 0.1) is 11.3 Å². The van der Waals surface area contributed by atoms with Gasteiger partial charge in [0.1, 0.15) is 12.1 Å². The van der Waals surface area contributed by atoms with Crippen molar-refractivity contribution >= 4 is 52.9 Å². The molecule has 0 saturated heterocycles. The summed E-state index contributed by atoms with van der Waals surface area (Å²) in [5, 5.41) is 18.3. The van der Waals surface area contributed by atoms with Gasteiger partial charge in [-0.25, -0.2) is 4.79 Å². The van der Waals surface area contributed by atoms with Crippen LogP contribution in [0.2, 0.25) is 0 Å². The molecule has 0 aliphatic carbocycles. The lowest BCUT2D eigenvalue weighted by atomic mass is 10.0. The third-order valence-corrected chi connectivity index (χ3v) is 5.52. The van der Waals surface area contributed by atoms with E-state index in [1.807, 2.05) is 13.8 Å². The number of ether oxygens (including phenoxy) is 1. The van der Waals surface area contributed by atoms with Gasteiger partial charge in [-0.05, 0) is 51.9 Å². The molecule has 0 aromatic heterocycles. The van der Waals surface area contributed by atoms with Crippen LogP contribution in [-0.2, 0) is 28.7 Å². The third-order valence-electron chi connectivity index (χ3n) is 5.12. The van der Waals surface area contributed by atoms with Crippen LogP contribution in [0.5, 0.6) is 0 Å². The van der Waals surface area contributed by atoms with Gasteiger partial charge in [0.2, 0.25) is 17.7 Å². The second kappa shape index (κ2) is 18.4. The maximum absolute atomic E-state index is 13.3. The Morgan fingerprint density at radius 1 is 0.865 bits per heavy atom. The first-order valence-electron chi connectivity index (χ1n) is 12.6. The van der Waals surface area contributed by atoms with Gasteiger partial charge in [0.05, 0.1) is 23.3 Å². The lowest BCUT2D eigenvalue weighted by molar-refractivity contribution is -0.151. The first kappa shape index (κ1) is 34.1. The van der Waals surface area contributed by atoms with Gasteiger partial charge in [-0.2, -0.15) is 0 Å². The Labute approximate surface area is 225 Å². The van der Waals surface area contributed by atoms with Crippen molar-refractivity contribution in [1.29, 1.82) is 5.41 Å². The standard InChI is InChI=1S/C25H43N5O6S/c1-15(2)13-22(28-18(6)32)24(37)30-20(9-7-8-12-27-17(5)31)23(34)29-21(11-10-19(33)14-26)25(35)36-16(3)4/h14-16,20-22,26H,7-13H2,1-6H3,(H,27,31)(H,28,32)(H,29,34)(H,30,37)/t20-,21-,22-/m0/s1. The highest BCUT2D eigenvalue weighted by Gasteiger charge is 2.29. The molecular formula is C25H43N5O6S. The van der Waals surface area contributed by atoms with Crippen molar-refractivity contribution in [1.82, 2.24) is 21.3 Å². The molecule has 5 N–H and O–H groups in total. The van der Waals surface area contributed by atoms with Crippen molar-refractivity contribution in [2.75, 3.05) is 6.54 Å². The van der Waals surface area contributed by atoms with E-state index < -0.39 is 41.9 Å². The number of ketones is 1. The Hall–Kier alpha value is -2.89. The fraction of sp³-hybridized carbons (Fsp3) is 0.720. The normalized spacial score (nSPS) is 13.2. The summed E-state index contributed by atoms with van der Waals surface area (Å²) in [5.41, 5.74) is 0. The van der Waals surface area contributed by atoms with Gasteiger partial charge in [-0.1, -0.05) is 26.1 Å². The van der Waals surface area contributed by atoms with Gasteiger partial charge < -0.3 is 31.4 Å². The fourth-order valence-electron chi connectivity index (χ4n) is 3.42. The summed E-state index contributed by atoms with van der Waals surface area (Å²) in [6, 6.07) is -2.40. The van der Waals surface area contributed by atoms with E-state index in [1.54, 1.807) is 13.8 Å². The van der Waals surface area contributed by atoms with E-state index >= 15 is 0 Å². The van der Waals surface area contributed by atoms with Crippen LogP contribution in [0.4, 0.5) is 0 Å². The minimum atomic E-state index is -1.09. The van der Waals surface area contributed by atoms with E-state index in [4.69, 9.17) is 22.4 Å². The molecule has 0 aliphatic heterocycles. The molecule has 0 saturated carbocycles. The number of hydrogen-bond acceptors (Lipinski definition) is 8. The van der Waals surface area contributed by atoms with Crippen LogP contribution < -0.4 is 21.3 Å². The highest BCUT2D eigenvalue weighted by molar-refractivity contribution is 7.80. The number of amides is 3. The molecule has 0 heterocycles. The smallest absolute Gasteiger partial charge is 0.328 e. The Morgan fingerprint density at radius 3 is 2.03 bits per heavy atom. The molecule has 3 atom stereocenters. The monoisotopic (exact) mass is 541 g/mol. The van der Waals surface area contributed by atoms with Crippen molar-refractivity contribution in [2.45, 2.75) is 104 Å². The zero-order valence-electron chi connectivity index (χ0n) is 22.8. The molecule has 0 spiro atoms. The number of Topliss-reactive ketones (excluding diaryl/α,β-unsaturated/α-hetero) is 1. The molecule has 0 radical (unpaired) electrons. The molecule has 0 unspecified atom stereocenters. The quantitative estimate of drug-likeness (QED) is 0.0754. The number of esters is 1. The molecule has 0 aromatic rings. The Kier molecular flexibility index (Phi) is 16.9. The summed E-state index contributed by atoms with van der Waals surface area (Å²) in [5.74, 6) is -1.84. The summed E-state index contributed by atoms with van der Waals surface area (Å²) >= 11 is 5.54. The van der Waals surface area contributed by atoms with Gasteiger partial charge in [0.15, 0.2) is 5.78 Å². The topological polar surface area (TPSA) is 167 Å². The molecule has 0 aliphatic rings. The zero-order chi connectivity index (χ0) is 28.5. The maximum Gasteiger partial charge on any atom is 0.328 e. The van der Waals surface area contributed by atoms with Gasteiger partial charge in [-0.3, -0.25) is 19.2 Å². The SMILES string of the molecule is CC(=O)NCCCC[C@H](NC(=S)[C@H](CC(C)C)NC(C)=O)C(=O)N[C@@H](CCC(=O)C=N)C(=O)OC(C)C. The van der Waals surface area contributed by atoms with Crippen LogP contribution in [-0.4, -0.2) is 71.5 Å². The second-order valence-corrected chi connectivity index (χ2v) is 10.1. The van der Waals surface area contributed by atoms with Crippen LogP contribution in [0.3, 0.4) is 0 Å². The predicted octanol–water partition coefficient (Wildman–Crippen LogP) is 1.56. The molecule has 11 nitrogen and oxygen atoms in total. The third kappa shape index (κ3) is 16.5. The summed E-state index contributed by atoms with van der Waals surface area (Å²) in [6.07, 6.45) is 2.21. The fourth-order valence-corrected chi connectivity index (χ4v) is 3.72. The average molecular weight is 542 g/mol. The lowest BCUT2D eigenvalue weighted by Crippen LogP contribution is -2.55. The number of nitrogens with one attached hydrogen (secondary N) is 5. The number of unbranched alkanes of at least 4 members (excludes halogenated alkanes) is 1. The number of thiocarbonyl (C=S) groups is 1. The second-order valence-electron chi connectivity index (χ2n) is 9.62. The highest BCUT2D eigenvalue weighted by atomic mass is 32.1. The molecule has 3 amide bonds. The van der Waals surface area contributed by atoms with Crippen LogP contribution in [0.1, 0.15) is 80.1 Å². The van der Waals surface area contributed by atoms with Crippen LogP contribution in [0.25, 0.3) is 0 Å². The van der Waals surface area contributed by atoms with E-state index in [1.165, 1.54) is 13.8 Å². The van der Waals surface area contributed by atoms with E-state index in [2.05, 4.69) is 21.3 Å². The van der Waals surface area contributed by atoms with Crippen molar-refractivity contribution in [2.24, 2.45) is 5.92 Å². The molecule has 0 fully saturated rings. The molecular weight excluding hydrogens is 498 g/mol. The van der Waals surface area contributed by atoms with Crippen molar-refractivity contribution in [3.8, 4) is 0 Å². The van der Waals surface area contributed by atoms with Crippen molar-refractivity contribution < 1.29 is 28.7 Å². The summed E-state index contributed by atoms with van der Waals surface area (Å²) in [7, 11) is 0. The van der Waals surface area contributed by atoms with E-state index in [0.717, 1.165) is 0 Å². The number of carbonyl (C=O) groups is 5. The number of carbonyl (C=O) groups excluding carboxylic acids is 5. The summed E-state index contributed by atoms with van der Waals surface area (Å²) in [4.78, 5) is 60.7. The Bertz CT molecular complexity index is 817. The van der Waals surface area contributed by atoms with Gasteiger partial charge in [0, 0.05) is 26.8 Å². The molecule has 0 rings (SSSR count). The molecule has 12 heteroatoms. The zero-order valence-corrected chi connectivity index (χ0v) is 23.6. The van der Waals surface area contributed by atoms with Crippen molar-refractivity contribution in [3.63, 3.8) is 0 Å².